The van der Waals surface area contributed by atoms with Crippen LogP contribution in [0.2, 0.25) is 0 Å². The van der Waals surface area contributed by atoms with Gasteiger partial charge in [-0.3, -0.25) is 14.9 Å². The summed E-state index contributed by atoms with van der Waals surface area (Å²) in [5, 5.41) is 6.36. The Hall–Kier alpha value is -3.03. The van der Waals surface area contributed by atoms with E-state index in [1.807, 2.05) is 13.8 Å². The molecule has 2 amide bonds. The van der Waals surface area contributed by atoms with Gasteiger partial charge >= 0.3 is 0 Å². The normalized spacial score (nSPS) is 10.5. The summed E-state index contributed by atoms with van der Waals surface area (Å²) in [6.45, 7) is 3.59. The van der Waals surface area contributed by atoms with Crippen LogP contribution in [0.25, 0.3) is 0 Å². The summed E-state index contributed by atoms with van der Waals surface area (Å²) >= 11 is 0. The first kappa shape index (κ1) is 17.3. The van der Waals surface area contributed by atoms with Crippen molar-refractivity contribution in [2.45, 2.75) is 19.8 Å². The van der Waals surface area contributed by atoms with Crippen molar-refractivity contribution >= 4 is 17.7 Å². The fourth-order valence-electron chi connectivity index (χ4n) is 1.89. The van der Waals surface area contributed by atoms with Gasteiger partial charge in [-0.05, 0) is 18.1 Å². The summed E-state index contributed by atoms with van der Waals surface area (Å²) in [7, 11) is 1.48. The summed E-state index contributed by atoms with van der Waals surface area (Å²) in [5.74, 6) is -0.0622. The molecule has 0 spiro atoms. The molecule has 1 aromatic heterocycles. The van der Waals surface area contributed by atoms with Crippen LogP contribution in [0.15, 0.2) is 28.8 Å². The molecule has 0 aliphatic rings. The van der Waals surface area contributed by atoms with Crippen molar-refractivity contribution < 1.29 is 23.6 Å². The number of ether oxygens (including phenoxy) is 2. The van der Waals surface area contributed by atoms with E-state index < -0.39 is 11.8 Å². The van der Waals surface area contributed by atoms with Crippen molar-refractivity contribution in [3.63, 3.8) is 0 Å². The number of carbonyl (C=O) groups excluding carboxylic acids is 2. The Labute approximate surface area is 138 Å². The first-order valence-corrected chi connectivity index (χ1v) is 7.27. The van der Waals surface area contributed by atoms with E-state index in [0.717, 1.165) is 5.69 Å². The Morgan fingerprint density at radius 2 is 2.08 bits per heavy atom. The van der Waals surface area contributed by atoms with Crippen molar-refractivity contribution in [1.82, 2.24) is 5.16 Å². The maximum absolute atomic E-state index is 11.9. The van der Waals surface area contributed by atoms with E-state index in [9.17, 15) is 9.59 Å². The quantitative estimate of drug-likeness (QED) is 0.799. The van der Waals surface area contributed by atoms with Gasteiger partial charge in [0.2, 0.25) is 5.88 Å². The highest BCUT2D eigenvalue weighted by Gasteiger charge is 2.14. The third kappa shape index (κ3) is 4.25. The molecule has 2 rings (SSSR count). The second kappa shape index (κ2) is 7.49. The first-order chi connectivity index (χ1) is 11.4. The Balaban J connectivity index is 2.01. The van der Waals surface area contributed by atoms with E-state index in [2.05, 4.69) is 10.5 Å². The summed E-state index contributed by atoms with van der Waals surface area (Å²) in [5.41, 5.74) is 6.17. The molecular formula is C16H19N3O5. The van der Waals surface area contributed by atoms with Gasteiger partial charge in [0.1, 0.15) is 11.5 Å². The van der Waals surface area contributed by atoms with Gasteiger partial charge in [0, 0.05) is 12.1 Å². The van der Waals surface area contributed by atoms with E-state index in [1.165, 1.54) is 19.2 Å². The third-order valence-electron chi connectivity index (χ3n) is 3.20. The Morgan fingerprint density at radius 3 is 2.67 bits per heavy atom. The minimum Gasteiger partial charge on any atom is -0.497 e. The number of nitrogens with two attached hydrogens (primary N) is 1. The molecule has 0 atom stereocenters. The highest BCUT2D eigenvalue weighted by atomic mass is 16.5. The molecule has 0 aliphatic heterocycles. The second-order valence-electron chi connectivity index (χ2n) is 5.33. The fraction of sp³-hybridized carbons (Fsp3) is 0.312. The molecule has 8 nitrogen and oxygen atoms in total. The lowest BCUT2D eigenvalue weighted by atomic mass is 10.1. The van der Waals surface area contributed by atoms with Crippen LogP contribution in [0.3, 0.4) is 0 Å². The fourth-order valence-corrected chi connectivity index (χ4v) is 1.89. The lowest BCUT2D eigenvalue weighted by Gasteiger charge is -2.10. The van der Waals surface area contributed by atoms with Crippen LogP contribution in [-0.4, -0.2) is 30.7 Å². The number of rotatable bonds is 7. The predicted octanol–water partition coefficient (Wildman–Crippen LogP) is 1.92. The average Bonchev–Trinajstić information content (AvgIpc) is 3.01. The standard InChI is InChI=1S/C16H19N3O5/c1-9(2)12-7-15(24-19-12)18-14(20)8-23-13-6-10(22-3)4-5-11(13)16(17)21/h4-7,9H,8H2,1-3H3,(H2,17,21)(H,18,20). The maximum Gasteiger partial charge on any atom is 0.264 e. The molecule has 0 saturated carbocycles. The summed E-state index contributed by atoms with van der Waals surface area (Å²) < 4.78 is 15.5. The maximum atomic E-state index is 11.9. The van der Waals surface area contributed by atoms with Gasteiger partial charge < -0.3 is 19.7 Å². The minimum atomic E-state index is -0.662. The highest BCUT2D eigenvalue weighted by molar-refractivity contribution is 5.96. The smallest absolute Gasteiger partial charge is 0.264 e. The van der Waals surface area contributed by atoms with Crippen molar-refractivity contribution in [3.05, 3.63) is 35.5 Å². The number of anilines is 1. The number of primary amides is 1. The number of benzene rings is 1. The molecule has 128 valence electrons. The van der Waals surface area contributed by atoms with Gasteiger partial charge in [-0.2, -0.15) is 0 Å². The Kier molecular flexibility index (Phi) is 5.41. The zero-order valence-corrected chi connectivity index (χ0v) is 13.7. The monoisotopic (exact) mass is 333 g/mol. The first-order valence-electron chi connectivity index (χ1n) is 7.27. The van der Waals surface area contributed by atoms with Crippen molar-refractivity contribution in [1.29, 1.82) is 0 Å². The van der Waals surface area contributed by atoms with Crippen LogP contribution in [0, 0.1) is 0 Å². The van der Waals surface area contributed by atoms with Crippen molar-refractivity contribution in [2.75, 3.05) is 19.0 Å². The molecule has 3 N–H and O–H groups in total. The Bertz CT molecular complexity index is 739. The van der Waals surface area contributed by atoms with E-state index >= 15 is 0 Å². The molecule has 0 unspecified atom stereocenters. The SMILES string of the molecule is COc1ccc(C(N)=O)c(OCC(=O)Nc2cc(C(C)C)no2)c1. The van der Waals surface area contributed by atoms with Crippen LogP contribution >= 0.6 is 0 Å². The van der Waals surface area contributed by atoms with Crippen LogP contribution < -0.4 is 20.5 Å². The zero-order valence-electron chi connectivity index (χ0n) is 13.7. The Morgan fingerprint density at radius 1 is 1.33 bits per heavy atom. The van der Waals surface area contributed by atoms with Crippen LogP contribution in [0.1, 0.15) is 35.8 Å². The molecule has 8 heteroatoms. The molecule has 1 heterocycles. The molecule has 0 fully saturated rings. The van der Waals surface area contributed by atoms with Gasteiger partial charge in [0.15, 0.2) is 6.61 Å². The summed E-state index contributed by atoms with van der Waals surface area (Å²) in [4.78, 5) is 23.3. The third-order valence-corrected chi connectivity index (χ3v) is 3.20. The van der Waals surface area contributed by atoms with E-state index in [-0.39, 0.29) is 29.7 Å². The topological polar surface area (TPSA) is 117 Å². The van der Waals surface area contributed by atoms with Gasteiger partial charge in [-0.15, -0.1) is 0 Å². The van der Waals surface area contributed by atoms with E-state index in [1.54, 1.807) is 12.1 Å². The van der Waals surface area contributed by atoms with Gasteiger partial charge in [0.05, 0.1) is 18.4 Å². The number of aromatic nitrogens is 1. The molecule has 0 saturated heterocycles. The zero-order chi connectivity index (χ0) is 17.7. The van der Waals surface area contributed by atoms with E-state index in [0.29, 0.717) is 5.75 Å². The largest absolute Gasteiger partial charge is 0.497 e. The molecule has 1 aromatic carbocycles. The molecule has 0 bridgehead atoms. The van der Waals surface area contributed by atoms with Gasteiger partial charge in [-0.1, -0.05) is 19.0 Å². The highest BCUT2D eigenvalue weighted by Crippen LogP contribution is 2.24. The van der Waals surface area contributed by atoms with Crippen LogP contribution in [0.5, 0.6) is 11.5 Å². The second-order valence-corrected chi connectivity index (χ2v) is 5.33. The summed E-state index contributed by atoms with van der Waals surface area (Å²) in [6.07, 6.45) is 0. The molecule has 24 heavy (non-hydrogen) atoms. The number of carbonyl (C=O) groups is 2. The number of nitrogens with zero attached hydrogens (tertiary/aromatic N) is 1. The summed E-state index contributed by atoms with van der Waals surface area (Å²) in [6, 6.07) is 6.18. The number of nitrogens with one attached hydrogen (secondary N) is 1. The number of methoxy groups -OCH3 is 1. The van der Waals surface area contributed by atoms with Gasteiger partial charge in [-0.25, -0.2) is 0 Å². The van der Waals surface area contributed by atoms with Crippen LogP contribution in [0.4, 0.5) is 5.88 Å². The van der Waals surface area contributed by atoms with Crippen molar-refractivity contribution in [3.8, 4) is 11.5 Å². The lowest BCUT2D eigenvalue weighted by molar-refractivity contribution is -0.118. The molecule has 0 radical (unpaired) electrons. The number of amides is 2. The average molecular weight is 333 g/mol. The number of hydrogen-bond donors (Lipinski definition) is 2. The molecule has 0 aliphatic carbocycles. The van der Waals surface area contributed by atoms with Crippen molar-refractivity contribution in [2.24, 2.45) is 5.73 Å². The van der Waals surface area contributed by atoms with Crippen LogP contribution in [-0.2, 0) is 4.79 Å². The van der Waals surface area contributed by atoms with Gasteiger partial charge in [0.25, 0.3) is 11.8 Å². The molecular weight excluding hydrogens is 314 g/mol. The lowest BCUT2D eigenvalue weighted by Crippen LogP contribution is -2.21. The predicted molar refractivity (Wildman–Crippen MR) is 86.2 cm³/mol. The van der Waals surface area contributed by atoms with E-state index in [4.69, 9.17) is 19.7 Å². The molecule has 2 aromatic rings. The minimum absolute atomic E-state index is 0.158. The number of hydrogen-bond acceptors (Lipinski definition) is 6.